The molecule has 1 aromatic carbocycles. The number of amides is 1. The lowest BCUT2D eigenvalue weighted by Crippen LogP contribution is -2.33. The van der Waals surface area contributed by atoms with Gasteiger partial charge in [-0.05, 0) is 43.9 Å². The lowest BCUT2D eigenvalue weighted by atomic mass is 10.0. The average Bonchev–Trinajstić information content (AvgIpc) is 2.33. The summed E-state index contributed by atoms with van der Waals surface area (Å²) in [6, 6.07) is 6.04. The summed E-state index contributed by atoms with van der Waals surface area (Å²) < 4.78 is 5.47. The summed E-state index contributed by atoms with van der Waals surface area (Å²) in [4.78, 5) is 13.6. The van der Waals surface area contributed by atoms with Crippen LogP contribution in [0.5, 0.6) is 5.75 Å². The van der Waals surface area contributed by atoms with Gasteiger partial charge in [-0.2, -0.15) is 0 Å². The van der Waals surface area contributed by atoms with Crippen molar-refractivity contribution in [3.63, 3.8) is 0 Å². The fourth-order valence-corrected chi connectivity index (χ4v) is 1.73. The maximum Gasteiger partial charge on any atom is 0.415 e. The monoisotopic (exact) mass is 249 g/mol. The number of hydrogen-bond acceptors (Lipinski definition) is 2. The van der Waals surface area contributed by atoms with Crippen LogP contribution in [-0.4, -0.2) is 24.1 Å². The number of benzene rings is 1. The van der Waals surface area contributed by atoms with E-state index in [1.165, 1.54) is 5.56 Å². The van der Waals surface area contributed by atoms with Gasteiger partial charge in [0.2, 0.25) is 0 Å². The molecule has 0 spiro atoms. The first kappa shape index (κ1) is 14.6. The Bertz CT molecular complexity index is 409. The van der Waals surface area contributed by atoms with E-state index in [1.807, 2.05) is 32.9 Å². The highest BCUT2D eigenvalue weighted by atomic mass is 16.6. The molecule has 0 bridgehead atoms. The zero-order chi connectivity index (χ0) is 13.7. The third kappa shape index (κ3) is 3.49. The summed E-state index contributed by atoms with van der Waals surface area (Å²) in [5, 5.41) is 0. The lowest BCUT2D eigenvalue weighted by molar-refractivity contribution is 0.157. The molecule has 100 valence electrons. The Kier molecular flexibility index (Phi) is 5.20. The van der Waals surface area contributed by atoms with E-state index in [1.54, 1.807) is 4.90 Å². The summed E-state index contributed by atoms with van der Waals surface area (Å²) >= 11 is 0. The van der Waals surface area contributed by atoms with Crippen LogP contribution in [0.3, 0.4) is 0 Å². The number of carbonyl (C=O) groups excluding carboxylic acids is 1. The summed E-state index contributed by atoms with van der Waals surface area (Å²) in [7, 11) is 0. The second kappa shape index (κ2) is 6.43. The van der Waals surface area contributed by atoms with Crippen LogP contribution in [0.4, 0.5) is 4.79 Å². The fraction of sp³-hybridized carbons (Fsp3) is 0.533. The van der Waals surface area contributed by atoms with E-state index in [4.69, 9.17) is 4.74 Å². The van der Waals surface area contributed by atoms with Crippen molar-refractivity contribution in [1.82, 2.24) is 4.90 Å². The molecule has 1 aromatic rings. The second-order valence-electron chi connectivity index (χ2n) is 4.72. The van der Waals surface area contributed by atoms with Crippen LogP contribution in [0, 0.1) is 6.92 Å². The Morgan fingerprint density at radius 1 is 1.28 bits per heavy atom. The minimum atomic E-state index is -0.274. The highest BCUT2D eigenvalue weighted by Gasteiger charge is 2.14. The van der Waals surface area contributed by atoms with Crippen molar-refractivity contribution in [3.8, 4) is 5.75 Å². The van der Waals surface area contributed by atoms with Crippen LogP contribution in [0.25, 0.3) is 0 Å². The molecule has 0 unspecified atom stereocenters. The predicted octanol–water partition coefficient (Wildman–Crippen LogP) is 3.96. The van der Waals surface area contributed by atoms with Gasteiger partial charge in [0.25, 0.3) is 0 Å². The third-order valence-corrected chi connectivity index (χ3v) is 3.10. The molecule has 0 N–H and O–H groups in total. The summed E-state index contributed by atoms with van der Waals surface area (Å²) in [5.41, 5.74) is 2.17. The van der Waals surface area contributed by atoms with Crippen LogP contribution in [0.15, 0.2) is 18.2 Å². The number of hydrogen-bond donors (Lipinski definition) is 0. The molecule has 0 saturated carbocycles. The van der Waals surface area contributed by atoms with Crippen molar-refractivity contribution in [2.45, 2.75) is 40.5 Å². The van der Waals surface area contributed by atoms with Crippen molar-refractivity contribution in [2.24, 2.45) is 0 Å². The van der Waals surface area contributed by atoms with Gasteiger partial charge in [0, 0.05) is 13.1 Å². The van der Waals surface area contributed by atoms with Crippen molar-refractivity contribution in [2.75, 3.05) is 13.1 Å². The molecule has 0 fully saturated rings. The van der Waals surface area contributed by atoms with E-state index < -0.39 is 0 Å². The zero-order valence-corrected chi connectivity index (χ0v) is 12.0. The molecule has 0 aromatic heterocycles. The van der Waals surface area contributed by atoms with Crippen molar-refractivity contribution >= 4 is 6.09 Å². The standard InChI is InChI=1S/C15H23NO2/c1-6-16(7-2)15(17)18-14-10-13(11(3)4)9-8-12(14)5/h8-11H,6-7H2,1-5H3. The van der Waals surface area contributed by atoms with Crippen LogP contribution < -0.4 is 4.74 Å². The van der Waals surface area contributed by atoms with E-state index in [-0.39, 0.29) is 6.09 Å². The maximum absolute atomic E-state index is 11.9. The topological polar surface area (TPSA) is 29.5 Å². The first-order chi connectivity index (χ1) is 8.49. The van der Waals surface area contributed by atoms with Gasteiger partial charge in [-0.15, -0.1) is 0 Å². The number of rotatable bonds is 4. The van der Waals surface area contributed by atoms with Crippen LogP contribution in [0.1, 0.15) is 44.7 Å². The Morgan fingerprint density at radius 3 is 2.39 bits per heavy atom. The Morgan fingerprint density at radius 2 is 1.89 bits per heavy atom. The molecule has 1 amide bonds. The van der Waals surface area contributed by atoms with E-state index in [9.17, 15) is 4.79 Å². The predicted molar refractivity (Wildman–Crippen MR) is 74.2 cm³/mol. The second-order valence-corrected chi connectivity index (χ2v) is 4.72. The quantitative estimate of drug-likeness (QED) is 0.808. The van der Waals surface area contributed by atoms with Crippen LogP contribution in [0.2, 0.25) is 0 Å². The van der Waals surface area contributed by atoms with Crippen molar-refractivity contribution < 1.29 is 9.53 Å². The van der Waals surface area contributed by atoms with Gasteiger partial charge < -0.3 is 9.64 Å². The van der Waals surface area contributed by atoms with Gasteiger partial charge in [-0.1, -0.05) is 26.0 Å². The largest absolute Gasteiger partial charge is 0.415 e. The third-order valence-electron chi connectivity index (χ3n) is 3.10. The Labute approximate surface area is 110 Å². The van der Waals surface area contributed by atoms with Crippen molar-refractivity contribution in [1.29, 1.82) is 0 Å². The van der Waals surface area contributed by atoms with E-state index in [0.29, 0.717) is 24.8 Å². The van der Waals surface area contributed by atoms with E-state index in [0.717, 1.165) is 5.56 Å². The number of carbonyl (C=O) groups is 1. The van der Waals surface area contributed by atoms with Gasteiger partial charge in [0.05, 0.1) is 0 Å². The van der Waals surface area contributed by atoms with E-state index in [2.05, 4.69) is 19.9 Å². The van der Waals surface area contributed by atoms with Gasteiger partial charge >= 0.3 is 6.09 Å². The molecular weight excluding hydrogens is 226 g/mol. The fourth-order valence-electron chi connectivity index (χ4n) is 1.73. The SMILES string of the molecule is CCN(CC)C(=O)Oc1cc(C(C)C)ccc1C. The molecule has 0 radical (unpaired) electrons. The summed E-state index contributed by atoms with van der Waals surface area (Å²) in [5.74, 6) is 1.09. The summed E-state index contributed by atoms with van der Waals surface area (Å²) in [6.07, 6.45) is -0.274. The van der Waals surface area contributed by atoms with Gasteiger partial charge in [-0.3, -0.25) is 0 Å². The van der Waals surface area contributed by atoms with Crippen molar-refractivity contribution in [3.05, 3.63) is 29.3 Å². The van der Waals surface area contributed by atoms with Crippen LogP contribution in [-0.2, 0) is 0 Å². The molecule has 0 atom stereocenters. The average molecular weight is 249 g/mol. The number of ether oxygens (including phenoxy) is 1. The molecule has 0 aliphatic carbocycles. The number of aryl methyl sites for hydroxylation is 1. The zero-order valence-electron chi connectivity index (χ0n) is 12.0. The van der Waals surface area contributed by atoms with E-state index >= 15 is 0 Å². The minimum absolute atomic E-state index is 0.274. The highest BCUT2D eigenvalue weighted by molar-refractivity contribution is 5.71. The molecule has 0 aliphatic heterocycles. The van der Waals surface area contributed by atoms with Gasteiger partial charge in [0.1, 0.15) is 5.75 Å². The lowest BCUT2D eigenvalue weighted by Gasteiger charge is -2.19. The molecule has 18 heavy (non-hydrogen) atoms. The number of nitrogens with zero attached hydrogens (tertiary/aromatic N) is 1. The normalized spacial score (nSPS) is 10.6. The summed E-state index contributed by atoms with van der Waals surface area (Å²) in [6.45, 7) is 11.4. The minimum Gasteiger partial charge on any atom is -0.410 e. The first-order valence-electron chi connectivity index (χ1n) is 6.56. The Balaban J connectivity index is 2.89. The maximum atomic E-state index is 11.9. The molecule has 3 heteroatoms. The molecule has 0 heterocycles. The van der Waals surface area contributed by atoms with Crippen LogP contribution >= 0.6 is 0 Å². The highest BCUT2D eigenvalue weighted by Crippen LogP contribution is 2.24. The molecule has 1 rings (SSSR count). The Hall–Kier alpha value is -1.51. The van der Waals surface area contributed by atoms with Gasteiger partial charge in [-0.25, -0.2) is 4.79 Å². The smallest absolute Gasteiger partial charge is 0.410 e. The van der Waals surface area contributed by atoms with Gasteiger partial charge in [0.15, 0.2) is 0 Å². The molecular formula is C15H23NO2. The molecule has 0 aliphatic rings. The first-order valence-corrected chi connectivity index (χ1v) is 6.56. The molecule has 0 saturated heterocycles. The molecule has 3 nitrogen and oxygen atoms in total.